The van der Waals surface area contributed by atoms with Gasteiger partial charge in [-0.2, -0.15) is 0 Å². The molecular formula is C19H20O2. The molecule has 2 nitrogen and oxygen atoms in total. The van der Waals surface area contributed by atoms with Crippen molar-refractivity contribution in [3.8, 4) is 11.5 Å². The summed E-state index contributed by atoms with van der Waals surface area (Å²) in [7, 11) is 0. The standard InChI is InChI=1S/C19H20O2/c1-3-6-15-8-5-9-16(7-4-2)19(15)14-21-18-12-10-17(20)11-13-18/h3-5,8-13,20H,1-2,6-7,14H2. The maximum atomic E-state index is 9.29. The highest BCUT2D eigenvalue weighted by Gasteiger charge is 2.08. The van der Waals surface area contributed by atoms with E-state index < -0.39 is 0 Å². The van der Waals surface area contributed by atoms with Crippen molar-refractivity contribution in [1.82, 2.24) is 0 Å². The number of rotatable bonds is 7. The molecule has 2 rings (SSSR count). The lowest BCUT2D eigenvalue weighted by Gasteiger charge is -2.14. The average Bonchev–Trinajstić information content (AvgIpc) is 2.49. The number of phenolic OH excluding ortho intramolecular Hbond substituents is 1. The Kier molecular flexibility index (Phi) is 5.22. The third-order valence-corrected chi connectivity index (χ3v) is 3.32. The van der Waals surface area contributed by atoms with Gasteiger partial charge in [0, 0.05) is 0 Å². The van der Waals surface area contributed by atoms with E-state index in [9.17, 15) is 5.11 Å². The van der Waals surface area contributed by atoms with Crippen LogP contribution in [0.25, 0.3) is 0 Å². The average molecular weight is 280 g/mol. The first-order valence-corrected chi connectivity index (χ1v) is 6.98. The van der Waals surface area contributed by atoms with E-state index in [1.54, 1.807) is 24.3 Å². The third kappa shape index (κ3) is 3.99. The van der Waals surface area contributed by atoms with Crippen molar-refractivity contribution >= 4 is 0 Å². The second kappa shape index (κ2) is 7.34. The van der Waals surface area contributed by atoms with Gasteiger partial charge in [0.1, 0.15) is 18.1 Å². The van der Waals surface area contributed by atoms with Crippen LogP contribution < -0.4 is 4.74 Å². The fourth-order valence-corrected chi connectivity index (χ4v) is 2.26. The molecular weight excluding hydrogens is 260 g/mol. The number of hydrogen-bond acceptors (Lipinski definition) is 2. The molecule has 0 aromatic heterocycles. The molecule has 2 aromatic carbocycles. The second-order valence-corrected chi connectivity index (χ2v) is 4.82. The molecule has 2 aromatic rings. The quantitative estimate of drug-likeness (QED) is 0.760. The molecule has 0 aliphatic rings. The highest BCUT2D eigenvalue weighted by atomic mass is 16.5. The molecule has 0 spiro atoms. The molecule has 0 bridgehead atoms. The van der Waals surface area contributed by atoms with E-state index in [2.05, 4.69) is 31.4 Å². The monoisotopic (exact) mass is 280 g/mol. The zero-order valence-corrected chi connectivity index (χ0v) is 12.1. The Morgan fingerprint density at radius 2 is 1.48 bits per heavy atom. The largest absolute Gasteiger partial charge is 0.508 e. The highest BCUT2D eigenvalue weighted by Crippen LogP contribution is 2.21. The zero-order valence-electron chi connectivity index (χ0n) is 12.1. The summed E-state index contributed by atoms with van der Waals surface area (Å²) in [5, 5.41) is 9.29. The van der Waals surface area contributed by atoms with E-state index in [1.807, 2.05) is 12.2 Å². The van der Waals surface area contributed by atoms with Gasteiger partial charge in [-0.15, -0.1) is 13.2 Å². The van der Waals surface area contributed by atoms with E-state index in [0.29, 0.717) is 6.61 Å². The maximum absolute atomic E-state index is 9.29. The van der Waals surface area contributed by atoms with Crippen molar-refractivity contribution < 1.29 is 9.84 Å². The van der Waals surface area contributed by atoms with E-state index in [4.69, 9.17) is 4.74 Å². The summed E-state index contributed by atoms with van der Waals surface area (Å²) in [5.74, 6) is 0.979. The molecule has 0 amide bonds. The van der Waals surface area contributed by atoms with Crippen LogP contribution in [0.5, 0.6) is 11.5 Å². The third-order valence-electron chi connectivity index (χ3n) is 3.32. The summed E-state index contributed by atoms with van der Waals surface area (Å²) in [6, 6.07) is 13.0. The molecule has 0 atom stereocenters. The Bertz CT molecular complexity index is 584. The van der Waals surface area contributed by atoms with Crippen LogP contribution in [0.4, 0.5) is 0 Å². The predicted molar refractivity (Wildman–Crippen MR) is 86.7 cm³/mol. The van der Waals surface area contributed by atoms with E-state index in [-0.39, 0.29) is 5.75 Å². The van der Waals surface area contributed by atoms with Crippen LogP contribution in [0.3, 0.4) is 0 Å². The SMILES string of the molecule is C=CCc1cccc(CC=C)c1COc1ccc(O)cc1. The van der Waals surface area contributed by atoms with Crippen molar-refractivity contribution in [3.63, 3.8) is 0 Å². The minimum atomic E-state index is 0.238. The lowest BCUT2D eigenvalue weighted by atomic mass is 9.97. The minimum Gasteiger partial charge on any atom is -0.508 e. The van der Waals surface area contributed by atoms with Gasteiger partial charge in [-0.3, -0.25) is 0 Å². The van der Waals surface area contributed by atoms with Crippen LogP contribution in [0.15, 0.2) is 67.8 Å². The van der Waals surface area contributed by atoms with Gasteiger partial charge < -0.3 is 9.84 Å². The van der Waals surface area contributed by atoms with E-state index in [1.165, 1.54) is 16.7 Å². The zero-order chi connectivity index (χ0) is 15.1. The normalized spacial score (nSPS) is 10.1. The molecule has 108 valence electrons. The number of benzene rings is 2. The van der Waals surface area contributed by atoms with E-state index >= 15 is 0 Å². The summed E-state index contributed by atoms with van der Waals surface area (Å²) in [6.07, 6.45) is 5.44. The molecule has 0 unspecified atom stereocenters. The molecule has 0 radical (unpaired) electrons. The fraction of sp³-hybridized carbons (Fsp3) is 0.158. The van der Waals surface area contributed by atoms with Crippen molar-refractivity contribution in [2.75, 3.05) is 0 Å². The molecule has 0 saturated carbocycles. The van der Waals surface area contributed by atoms with E-state index in [0.717, 1.165) is 18.6 Å². The minimum absolute atomic E-state index is 0.238. The van der Waals surface area contributed by atoms with Crippen molar-refractivity contribution in [1.29, 1.82) is 0 Å². The Morgan fingerprint density at radius 1 is 0.905 bits per heavy atom. The Morgan fingerprint density at radius 3 is 2.00 bits per heavy atom. The van der Waals surface area contributed by atoms with Gasteiger partial charge >= 0.3 is 0 Å². The lowest BCUT2D eigenvalue weighted by molar-refractivity contribution is 0.303. The number of phenols is 1. The number of aromatic hydroxyl groups is 1. The van der Waals surface area contributed by atoms with Crippen LogP contribution in [0.2, 0.25) is 0 Å². The lowest BCUT2D eigenvalue weighted by Crippen LogP contribution is -2.04. The number of ether oxygens (including phenoxy) is 1. The van der Waals surface area contributed by atoms with Gasteiger partial charge in [0.2, 0.25) is 0 Å². The van der Waals surface area contributed by atoms with Gasteiger partial charge in [-0.05, 0) is 53.8 Å². The molecule has 21 heavy (non-hydrogen) atoms. The predicted octanol–water partition coefficient (Wildman–Crippen LogP) is 4.43. The molecule has 1 N–H and O–H groups in total. The van der Waals surface area contributed by atoms with Gasteiger partial charge in [-0.1, -0.05) is 30.4 Å². The van der Waals surface area contributed by atoms with Gasteiger partial charge in [-0.25, -0.2) is 0 Å². The first kappa shape index (κ1) is 14.9. The van der Waals surface area contributed by atoms with Gasteiger partial charge in [0.15, 0.2) is 0 Å². The molecule has 0 aliphatic heterocycles. The van der Waals surface area contributed by atoms with Crippen LogP contribution in [-0.2, 0) is 19.4 Å². The summed E-state index contributed by atoms with van der Waals surface area (Å²) >= 11 is 0. The van der Waals surface area contributed by atoms with Crippen molar-refractivity contribution in [3.05, 3.63) is 84.5 Å². The summed E-state index contributed by atoms with van der Waals surface area (Å²) in [6.45, 7) is 8.12. The molecule has 0 fully saturated rings. The topological polar surface area (TPSA) is 29.5 Å². The van der Waals surface area contributed by atoms with Crippen LogP contribution >= 0.6 is 0 Å². The molecule has 2 heteroatoms. The Hall–Kier alpha value is -2.48. The fourth-order valence-electron chi connectivity index (χ4n) is 2.26. The van der Waals surface area contributed by atoms with Crippen LogP contribution in [-0.4, -0.2) is 5.11 Å². The summed E-state index contributed by atoms with van der Waals surface area (Å²) in [4.78, 5) is 0. The molecule has 0 saturated heterocycles. The number of allylic oxidation sites excluding steroid dienone is 2. The molecule has 0 heterocycles. The summed E-state index contributed by atoms with van der Waals surface area (Å²) in [5.41, 5.74) is 3.64. The van der Waals surface area contributed by atoms with Crippen molar-refractivity contribution in [2.24, 2.45) is 0 Å². The number of hydrogen-bond donors (Lipinski definition) is 1. The van der Waals surface area contributed by atoms with Gasteiger partial charge in [0.05, 0.1) is 0 Å². The maximum Gasteiger partial charge on any atom is 0.120 e. The van der Waals surface area contributed by atoms with Gasteiger partial charge in [0.25, 0.3) is 0 Å². The smallest absolute Gasteiger partial charge is 0.120 e. The summed E-state index contributed by atoms with van der Waals surface area (Å²) < 4.78 is 5.84. The van der Waals surface area contributed by atoms with Crippen LogP contribution in [0, 0.1) is 0 Å². The Labute approximate surface area is 126 Å². The van der Waals surface area contributed by atoms with Crippen molar-refractivity contribution in [2.45, 2.75) is 19.4 Å². The molecule has 0 aliphatic carbocycles. The first-order chi connectivity index (χ1) is 10.2. The van der Waals surface area contributed by atoms with Crippen LogP contribution in [0.1, 0.15) is 16.7 Å². The first-order valence-electron chi connectivity index (χ1n) is 6.98. The second-order valence-electron chi connectivity index (χ2n) is 4.82. The highest BCUT2D eigenvalue weighted by molar-refractivity contribution is 5.38. The Balaban J connectivity index is 2.21.